The highest BCUT2D eigenvalue weighted by Gasteiger charge is 2.20. The molecule has 2 rings (SSSR count). The monoisotopic (exact) mass is 286 g/mol. The van der Waals surface area contributed by atoms with Crippen LogP contribution in [0.5, 0.6) is 0 Å². The van der Waals surface area contributed by atoms with Crippen LogP contribution in [0, 0.1) is 11.6 Å². The number of anilines is 1. The molecule has 0 saturated carbocycles. The van der Waals surface area contributed by atoms with E-state index in [0.717, 1.165) is 11.5 Å². The molecule has 0 atom stereocenters. The zero-order chi connectivity index (χ0) is 13.8. The number of nitrogens with zero attached hydrogens (tertiary/aromatic N) is 1. The number of nitrogens with one attached hydrogen (secondary N) is 1. The molecule has 1 aromatic rings. The molecule has 1 N–H and O–H groups in total. The maximum absolute atomic E-state index is 14.1. The second-order valence-electron chi connectivity index (χ2n) is 5.04. The van der Waals surface area contributed by atoms with Gasteiger partial charge in [0.2, 0.25) is 0 Å². The summed E-state index contributed by atoms with van der Waals surface area (Å²) in [6.45, 7) is 5.92. The van der Waals surface area contributed by atoms with E-state index in [1.54, 1.807) is 4.90 Å². The summed E-state index contributed by atoms with van der Waals surface area (Å²) in [4.78, 5) is 1.81. The summed E-state index contributed by atoms with van der Waals surface area (Å²) >= 11 is 1.82. The number of hydrogen-bond acceptors (Lipinski definition) is 3. The van der Waals surface area contributed by atoms with Crippen molar-refractivity contribution < 1.29 is 8.78 Å². The summed E-state index contributed by atoms with van der Waals surface area (Å²) in [5.41, 5.74) is 0.785. The third-order valence-electron chi connectivity index (χ3n) is 3.12. The van der Waals surface area contributed by atoms with Gasteiger partial charge in [0, 0.05) is 37.2 Å². The van der Waals surface area contributed by atoms with Crippen molar-refractivity contribution in [1.82, 2.24) is 5.32 Å². The molecular weight excluding hydrogens is 266 g/mol. The predicted octanol–water partition coefficient (Wildman–Crippen LogP) is 3.02. The molecule has 0 aromatic heterocycles. The van der Waals surface area contributed by atoms with Crippen LogP contribution in [0.25, 0.3) is 0 Å². The first kappa shape index (κ1) is 14.6. The quantitative estimate of drug-likeness (QED) is 0.916. The van der Waals surface area contributed by atoms with Gasteiger partial charge in [-0.2, -0.15) is 11.8 Å². The van der Waals surface area contributed by atoms with Gasteiger partial charge in [0.15, 0.2) is 0 Å². The topological polar surface area (TPSA) is 15.3 Å². The summed E-state index contributed by atoms with van der Waals surface area (Å²) in [5, 5.41) is 3.16. The third kappa shape index (κ3) is 3.83. The zero-order valence-electron chi connectivity index (χ0n) is 11.4. The first-order valence-electron chi connectivity index (χ1n) is 6.62. The Morgan fingerprint density at radius 2 is 1.79 bits per heavy atom. The number of halogens is 2. The number of thioether (sulfide) groups is 1. The van der Waals surface area contributed by atoms with E-state index < -0.39 is 11.6 Å². The Bertz CT molecular complexity index is 408. The fourth-order valence-electron chi connectivity index (χ4n) is 2.13. The van der Waals surface area contributed by atoms with Gasteiger partial charge in [-0.3, -0.25) is 0 Å². The molecule has 0 amide bonds. The van der Waals surface area contributed by atoms with E-state index in [1.807, 2.05) is 25.6 Å². The fourth-order valence-corrected chi connectivity index (χ4v) is 3.03. The van der Waals surface area contributed by atoms with Gasteiger partial charge in [-0.1, -0.05) is 13.8 Å². The molecule has 1 aromatic carbocycles. The normalized spacial score (nSPS) is 16.2. The van der Waals surface area contributed by atoms with Crippen LogP contribution in [0.2, 0.25) is 0 Å². The molecule has 0 radical (unpaired) electrons. The summed E-state index contributed by atoms with van der Waals surface area (Å²) in [6.07, 6.45) is 0. The van der Waals surface area contributed by atoms with Crippen LogP contribution in [-0.4, -0.2) is 30.6 Å². The first-order chi connectivity index (χ1) is 9.08. The van der Waals surface area contributed by atoms with Crippen molar-refractivity contribution in [2.24, 2.45) is 0 Å². The molecule has 0 aliphatic carbocycles. The summed E-state index contributed by atoms with van der Waals surface area (Å²) in [7, 11) is 0. The lowest BCUT2D eigenvalue weighted by Gasteiger charge is -2.29. The van der Waals surface area contributed by atoms with Crippen LogP contribution in [0.4, 0.5) is 14.5 Å². The Hall–Kier alpha value is -0.810. The van der Waals surface area contributed by atoms with Crippen LogP contribution in [0.1, 0.15) is 19.4 Å². The molecule has 106 valence electrons. The van der Waals surface area contributed by atoms with Crippen LogP contribution < -0.4 is 10.2 Å². The van der Waals surface area contributed by atoms with Gasteiger partial charge >= 0.3 is 0 Å². The van der Waals surface area contributed by atoms with E-state index in [4.69, 9.17) is 0 Å². The molecule has 1 aliphatic rings. The van der Waals surface area contributed by atoms with E-state index >= 15 is 0 Å². The molecule has 19 heavy (non-hydrogen) atoms. The van der Waals surface area contributed by atoms with Gasteiger partial charge in [0.05, 0.1) is 0 Å². The molecule has 5 heteroatoms. The van der Waals surface area contributed by atoms with Crippen molar-refractivity contribution in [1.29, 1.82) is 0 Å². The van der Waals surface area contributed by atoms with Gasteiger partial charge in [0.1, 0.15) is 17.3 Å². The first-order valence-corrected chi connectivity index (χ1v) is 7.77. The van der Waals surface area contributed by atoms with Crippen molar-refractivity contribution in [2.45, 2.75) is 26.4 Å². The number of rotatable bonds is 4. The highest BCUT2D eigenvalue weighted by molar-refractivity contribution is 7.99. The van der Waals surface area contributed by atoms with Crippen molar-refractivity contribution >= 4 is 17.4 Å². The Balaban J connectivity index is 2.16. The second kappa shape index (κ2) is 6.57. The van der Waals surface area contributed by atoms with Crippen molar-refractivity contribution in [3.05, 3.63) is 29.3 Å². The molecule has 2 nitrogen and oxygen atoms in total. The fraction of sp³-hybridized carbons (Fsp3) is 0.571. The van der Waals surface area contributed by atoms with Crippen LogP contribution in [-0.2, 0) is 6.54 Å². The summed E-state index contributed by atoms with van der Waals surface area (Å²) in [5.74, 6) is 0.949. The largest absolute Gasteiger partial charge is 0.365 e. The molecule has 1 heterocycles. The molecule has 1 fully saturated rings. The maximum Gasteiger partial charge on any atom is 0.149 e. The van der Waals surface area contributed by atoms with Crippen molar-refractivity contribution in [2.75, 3.05) is 29.5 Å². The SMILES string of the molecule is CC(C)NCc1cc(F)c(N2CCSCC2)c(F)c1. The lowest BCUT2D eigenvalue weighted by atomic mass is 10.1. The van der Waals surface area contributed by atoms with Gasteiger partial charge in [-0.05, 0) is 17.7 Å². The molecule has 1 aliphatic heterocycles. The van der Waals surface area contributed by atoms with Gasteiger partial charge in [-0.25, -0.2) is 8.78 Å². The van der Waals surface area contributed by atoms with Crippen LogP contribution in [0.15, 0.2) is 12.1 Å². The Morgan fingerprint density at radius 3 is 2.32 bits per heavy atom. The number of hydrogen-bond donors (Lipinski definition) is 1. The molecule has 0 spiro atoms. The minimum Gasteiger partial charge on any atom is -0.365 e. The summed E-state index contributed by atoms with van der Waals surface area (Å²) in [6, 6.07) is 3.18. The minimum absolute atomic E-state index is 0.133. The molecule has 1 saturated heterocycles. The van der Waals surface area contributed by atoms with Crippen LogP contribution in [0.3, 0.4) is 0 Å². The number of benzene rings is 1. The lowest BCUT2D eigenvalue weighted by Crippen LogP contribution is -2.34. The third-order valence-corrected chi connectivity index (χ3v) is 4.06. The standard InChI is InChI=1S/C14H20F2N2S/c1-10(2)17-9-11-7-12(15)14(13(16)8-11)18-3-5-19-6-4-18/h7-8,10,17H,3-6,9H2,1-2H3. The van der Waals surface area contributed by atoms with Gasteiger partial charge in [-0.15, -0.1) is 0 Å². The highest BCUT2D eigenvalue weighted by atomic mass is 32.2. The predicted molar refractivity (Wildman–Crippen MR) is 77.9 cm³/mol. The van der Waals surface area contributed by atoms with E-state index in [9.17, 15) is 8.78 Å². The maximum atomic E-state index is 14.1. The molecule has 0 bridgehead atoms. The minimum atomic E-state index is -0.451. The average Bonchev–Trinajstić information content (AvgIpc) is 2.37. The molecular formula is C14H20F2N2S. The summed E-state index contributed by atoms with van der Waals surface area (Å²) < 4.78 is 28.2. The zero-order valence-corrected chi connectivity index (χ0v) is 12.2. The average molecular weight is 286 g/mol. The van der Waals surface area contributed by atoms with Crippen molar-refractivity contribution in [3.63, 3.8) is 0 Å². The Kier molecular flexibility index (Phi) is 5.05. The molecule has 0 unspecified atom stereocenters. The Morgan fingerprint density at radius 1 is 1.21 bits per heavy atom. The van der Waals surface area contributed by atoms with E-state index in [0.29, 0.717) is 31.2 Å². The van der Waals surface area contributed by atoms with Gasteiger partial charge < -0.3 is 10.2 Å². The van der Waals surface area contributed by atoms with E-state index in [2.05, 4.69) is 5.32 Å². The van der Waals surface area contributed by atoms with Gasteiger partial charge in [0.25, 0.3) is 0 Å². The smallest absolute Gasteiger partial charge is 0.149 e. The van der Waals surface area contributed by atoms with E-state index in [1.165, 1.54) is 12.1 Å². The highest BCUT2D eigenvalue weighted by Crippen LogP contribution is 2.27. The second-order valence-corrected chi connectivity index (χ2v) is 6.27. The van der Waals surface area contributed by atoms with E-state index in [-0.39, 0.29) is 5.69 Å². The van der Waals surface area contributed by atoms with Crippen molar-refractivity contribution in [3.8, 4) is 0 Å². The van der Waals surface area contributed by atoms with Crippen LogP contribution >= 0.6 is 11.8 Å². The lowest BCUT2D eigenvalue weighted by molar-refractivity contribution is 0.555. The Labute approximate surface area is 117 Å².